The Bertz CT molecular complexity index is 1190. The van der Waals surface area contributed by atoms with Gasteiger partial charge in [0.25, 0.3) is 11.8 Å². The Morgan fingerprint density at radius 3 is 2.16 bits per heavy atom. The number of methoxy groups -OCH3 is 2. The third-order valence-electron chi connectivity index (χ3n) is 5.23. The van der Waals surface area contributed by atoms with Gasteiger partial charge in [-0.15, -0.1) is 11.8 Å². The lowest BCUT2D eigenvalue weighted by Gasteiger charge is -2.15. The number of hydrogen-bond donors (Lipinski definition) is 0. The fraction of sp³-hybridized carbons (Fsp3) is 0.154. The fourth-order valence-corrected chi connectivity index (χ4v) is 4.62. The van der Waals surface area contributed by atoms with Crippen LogP contribution in [0.4, 0.5) is 5.69 Å². The van der Waals surface area contributed by atoms with E-state index in [1.165, 1.54) is 16.7 Å². The van der Waals surface area contributed by atoms with E-state index in [9.17, 15) is 9.59 Å². The van der Waals surface area contributed by atoms with E-state index in [1.54, 1.807) is 44.6 Å². The predicted molar refractivity (Wildman–Crippen MR) is 128 cm³/mol. The average molecular weight is 446 g/mol. The molecule has 3 aromatic rings. The highest BCUT2D eigenvalue weighted by Gasteiger charge is 2.40. The third kappa shape index (κ3) is 4.14. The highest BCUT2D eigenvalue weighted by molar-refractivity contribution is 8.03. The van der Waals surface area contributed by atoms with E-state index >= 15 is 0 Å². The van der Waals surface area contributed by atoms with E-state index in [0.717, 1.165) is 11.1 Å². The Morgan fingerprint density at radius 2 is 1.50 bits per heavy atom. The van der Waals surface area contributed by atoms with Crippen molar-refractivity contribution in [1.29, 1.82) is 0 Å². The van der Waals surface area contributed by atoms with Gasteiger partial charge in [-0.1, -0.05) is 54.1 Å². The van der Waals surface area contributed by atoms with Crippen molar-refractivity contribution in [2.24, 2.45) is 0 Å². The number of ether oxygens (including phenoxy) is 2. The summed E-state index contributed by atoms with van der Waals surface area (Å²) in [7, 11) is 3.10. The third-order valence-corrected chi connectivity index (χ3v) is 6.38. The quantitative estimate of drug-likeness (QED) is 0.466. The van der Waals surface area contributed by atoms with E-state index in [1.807, 2.05) is 49.4 Å². The van der Waals surface area contributed by atoms with Gasteiger partial charge in [0.1, 0.15) is 0 Å². The van der Waals surface area contributed by atoms with Gasteiger partial charge in [-0.25, -0.2) is 4.90 Å². The number of carbonyl (C=O) groups is 2. The first-order valence-electron chi connectivity index (χ1n) is 10.1. The first kappa shape index (κ1) is 21.7. The molecule has 0 saturated heterocycles. The van der Waals surface area contributed by atoms with Gasteiger partial charge in [-0.2, -0.15) is 0 Å². The van der Waals surface area contributed by atoms with Crippen LogP contribution in [0, 0.1) is 6.92 Å². The average Bonchev–Trinajstić information content (AvgIpc) is 3.07. The molecule has 0 aromatic heterocycles. The molecule has 0 saturated carbocycles. The van der Waals surface area contributed by atoms with Crippen molar-refractivity contribution in [3.8, 4) is 11.5 Å². The van der Waals surface area contributed by atoms with Crippen LogP contribution in [0.3, 0.4) is 0 Å². The van der Waals surface area contributed by atoms with Gasteiger partial charge in [0.05, 0.1) is 30.4 Å². The lowest BCUT2D eigenvalue weighted by molar-refractivity contribution is -0.119. The van der Waals surface area contributed by atoms with Gasteiger partial charge < -0.3 is 9.47 Å². The van der Waals surface area contributed by atoms with Gasteiger partial charge >= 0.3 is 0 Å². The zero-order valence-corrected chi connectivity index (χ0v) is 18.9. The zero-order chi connectivity index (χ0) is 22.7. The maximum atomic E-state index is 13.5. The van der Waals surface area contributed by atoms with Crippen molar-refractivity contribution in [1.82, 2.24) is 0 Å². The minimum absolute atomic E-state index is 0.315. The molecule has 162 valence electrons. The molecule has 0 radical (unpaired) electrons. The molecule has 32 heavy (non-hydrogen) atoms. The molecule has 0 bridgehead atoms. The van der Waals surface area contributed by atoms with E-state index in [2.05, 4.69) is 0 Å². The molecule has 0 atom stereocenters. The molecule has 4 rings (SSSR count). The summed E-state index contributed by atoms with van der Waals surface area (Å²) in [5.41, 5.74) is 3.67. The van der Waals surface area contributed by atoms with Crippen molar-refractivity contribution < 1.29 is 19.1 Å². The number of amides is 2. The molecule has 6 heteroatoms. The summed E-state index contributed by atoms with van der Waals surface area (Å²) >= 11 is 1.37. The second-order valence-corrected chi connectivity index (χ2v) is 8.32. The summed E-state index contributed by atoms with van der Waals surface area (Å²) in [6.45, 7) is 1.96. The van der Waals surface area contributed by atoms with E-state index < -0.39 is 0 Å². The SMILES string of the molecule is COc1ccc(C2=C(SCc3ccccc3)C(=O)N(c3ccc(C)cc3)C2=O)cc1OC. The van der Waals surface area contributed by atoms with Crippen molar-refractivity contribution in [2.45, 2.75) is 12.7 Å². The highest BCUT2D eigenvalue weighted by Crippen LogP contribution is 2.41. The summed E-state index contributed by atoms with van der Waals surface area (Å²) in [6.07, 6.45) is 0. The van der Waals surface area contributed by atoms with E-state index in [4.69, 9.17) is 9.47 Å². The molecule has 3 aromatic carbocycles. The van der Waals surface area contributed by atoms with Crippen LogP contribution < -0.4 is 14.4 Å². The van der Waals surface area contributed by atoms with Crippen LogP contribution in [0.2, 0.25) is 0 Å². The second kappa shape index (κ2) is 9.32. The van der Waals surface area contributed by atoms with Gasteiger partial charge in [-0.3, -0.25) is 9.59 Å². The molecule has 5 nitrogen and oxygen atoms in total. The van der Waals surface area contributed by atoms with Crippen LogP contribution in [-0.2, 0) is 15.3 Å². The number of nitrogens with zero attached hydrogens (tertiary/aromatic N) is 1. The summed E-state index contributed by atoms with van der Waals surface area (Å²) in [4.78, 5) is 28.7. The Morgan fingerprint density at radius 1 is 0.812 bits per heavy atom. The lowest BCUT2D eigenvalue weighted by atomic mass is 10.1. The van der Waals surface area contributed by atoms with E-state index in [0.29, 0.717) is 39.0 Å². The molecule has 0 N–H and O–H groups in total. The van der Waals surface area contributed by atoms with Gasteiger partial charge in [-0.05, 0) is 42.3 Å². The molecule has 2 amide bonds. The van der Waals surface area contributed by atoms with Crippen molar-refractivity contribution >= 4 is 34.8 Å². The lowest BCUT2D eigenvalue weighted by Crippen LogP contribution is -2.31. The molecule has 0 fully saturated rings. The van der Waals surface area contributed by atoms with Crippen LogP contribution in [0.15, 0.2) is 77.7 Å². The Hall–Kier alpha value is -3.51. The summed E-state index contributed by atoms with van der Waals surface area (Å²) < 4.78 is 10.8. The number of imide groups is 1. The second-order valence-electron chi connectivity index (χ2n) is 7.33. The number of benzene rings is 3. The summed E-state index contributed by atoms with van der Waals surface area (Å²) in [5.74, 6) is 0.973. The normalized spacial score (nSPS) is 13.7. The Labute approximate surface area is 191 Å². The number of anilines is 1. The van der Waals surface area contributed by atoms with Crippen molar-refractivity contribution in [3.63, 3.8) is 0 Å². The molecule has 0 unspecified atom stereocenters. The number of thioether (sulfide) groups is 1. The number of aryl methyl sites for hydroxylation is 1. The van der Waals surface area contributed by atoms with Gasteiger partial charge in [0, 0.05) is 5.75 Å². The molecular weight excluding hydrogens is 422 g/mol. The van der Waals surface area contributed by atoms with Crippen molar-refractivity contribution in [2.75, 3.05) is 19.1 Å². The highest BCUT2D eigenvalue weighted by atomic mass is 32.2. The topological polar surface area (TPSA) is 55.8 Å². The van der Waals surface area contributed by atoms with E-state index in [-0.39, 0.29) is 11.8 Å². The molecule has 0 spiro atoms. The number of hydrogen-bond acceptors (Lipinski definition) is 5. The van der Waals surface area contributed by atoms with Crippen LogP contribution in [0.25, 0.3) is 5.57 Å². The van der Waals surface area contributed by atoms with Gasteiger partial charge in [0.15, 0.2) is 11.5 Å². The number of carbonyl (C=O) groups excluding carboxylic acids is 2. The van der Waals surface area contributed by atoms with Gasteiger partial charge in [0.2, 0.25) is 0 Å². The minimum atomic E-state index is -0.346. The summed E-state index contributed by atoms with van der Waals surface area (Å²) in [6, 6.07) is 22.5. The maximum Gasteiger partial charge on any atom is 0.272 e. The molecular formula is C26H23NO4S. The largest absolute Gasteiger partial charge is 0.493 e. The maximum absolute atomic E-state index is 13.5. The van der Waals surface area contributed by atoms with Crippen LogP contribution in [0.1, 0.15) is 16.7 Å². The monoisotopic (exact) mass is 445 g/mol. The van der Waals surface area contributed by atoms with Crippen molar-refractivity contribution in [3.05, 3.63) is 94.4 Å². The first-order chi connectivity index (χ1) is 15.5. The summed E-state index contributed by atoms with van der Waals surface area (Å²) in [5, 5.41) is 0. The molecule has 1 aliphatic heterocycles. The standard InChI is InChI=1S/C26H23NO4S/c1-17-9-12-20(13-10-17)27-25(28)23(19-11-14-21(30-2)22(15-19)31-3)24(26(27)29)32-16-18-7-5-4-6-8-18/h4-15H,16H2,1-3H3. The fourth-order valence-electron chi connectivity index (χ4n) is 3.55. The zero-order valence-electron chi connectivity index (χ0n) is 18.1. The molecule has 1 aliphatic rings. The minimum Gasteiger partial charge on any atom is -0.493 e. The smallest absolute Gasteiger partial charge is 0.272 e. The Kier molecular flexibility index (Phi) is 6.32. The molecule has 0 aliphatic carbocycles. The Balaban J connectivity index is 1.78. The number of rotatable bonds is 7. The van der Waals surface area contributed by atoms with Crippen LogP contribution in [0.5, 0.6) is 11.5 Å². The van der Waals surface area contributed by atoms with Crippen LogP contribution in [-0.4, -0.2) is 26.0 Å². The molecule has 1 heterocycles. The first-order valence-corrected chi connectivity index (χ1v) is 11.1. The van der Waals surface area contributed by atoms with Crippen LogP contribution >= 0.6 is 11.8 Å². The predicted octanol–water partition coefficient (Wildman–Crippen LogP) is 5.23.